The number of hydrogen-bond acceptors (Lipinski definition) is 2. The van der Waals surface area contributed by atoms with Crippen molar-refractivity contribution in [3.05, 3.63) is 28.2 Å². The molecule has 0 amide bonds. The Morgan fingerprint density at radius 3 is 2.86 bits per heavy atom. The summed E-state index contributed by atoms with van der Waals surface area (Å²) in [6.45, 7) is 2.05. The zero-order chi connectivity index (χ0) is 10.6. The van der Waals surface area contributed by atoms with Crippen molar-refractivity contribution in [2.75, 3.05) is 5.75 Å². The smallest absolute Gasteiger partial charge is 0.307 e. The van der Waals surface area contributed by atoms with Gasteiger partial charge in [-0.15, -0.1) is 11.8 Å². The van der Waals surface area contributed by atoms with E-state index in [4.69, 9.17) is 5.11 Å². The molecule has 0 bridgehead atoms. The Morgan fingerprint density at radius 2 is 2.29 bits per heavy atom. The molecule has 14 heavy (non-hydrogen) atoms. The molecule has 0 saturated carbocycles. The molecule has 4 heteroatoms. The highest BCUT2D eigenvalue weighted by Crippen LogP contribution is 2.31. The molecule has 0 atom stereocenters. The number of carboxylic acid groups (broad SMARTS) is 1. The zero-order valence-electron chi connectivity index (χ0n) is 7.79. The second-order valence-electron chi connectivity index (χ2n) is 2.73. The molecule has 0 fully saturated rings. The molecule has 1 aromatic rings. The van der Waals surface area contributed by atoms with Crippen LogP contribution in [0.15, 0.2) is 27.6 Å². The van der Waals surface area contributed by atoms with Gasteiger partial charge < -0.3 is 5.11 Å². The lowest BCUT2D eigenvalue weighted by Gasteiger charge is -2.08. The molecule has 0 aromatic heterocycles. The highest BCUT2D eigenvalue weighted by atomic mass is 79.9. The van der Waals surface area contributed by atoms with Crippen LogP contribution in [-0.2, 0) is 11.2 Å². The molecule has 0 aliphatic carbocycles. The third kappa shape index (κ3) is 3.03. The molecule has 2 nitrogen and oxygen atoms in total. The van der Waals surface area contributed by atoms with E-state index in [-0.39, 0.29) is 6.42 Å². The molecule has 0 heterocycles. The molecule has 0 saturated heterocycles. The third-order valence-electron chi connectivity index (χ3n) is 1.68. The Morgan fingerprint density at radius 1 is 1.57 bits per heavy atom. The van der Waals surface area contributed by atoms with Gasteiger partial charge in [-0.3, -0.25) is 4.79 Å². The van der Waals surface area contributed by atoms with Crippen LogP contribution in [0.2, 0.25) is 0 Å². The summed E-state index contributed by atoms with van der Waals surface area (Å²) in [6, 6.07) is 5.66. The Hall–Kier alpha value is -0.480. The van der Waals surface area contributed by atoms with E-state index in [1.807, 2.05) is 18.2 Å². The summed E-state index contributed by atoms with van der Waals surface area (Å²) in [6.07, 6.45) is 0.0851. The fourth-order valence-electron chi connectivity index (χ4n) is 1.16. The lowest BCUT2D eigenvalue weighted by molar-refractivity contribution is -0.136. The normalized spacial score (nSPS) is 10.1. The minimum Gasteiger partial charge on any atom is -0.481 e. The first-order chi connectivity index (χ1) is 6.65. The maximum Gasteiger partial charge on any atom is 0.307 e. The van der Waals surface area contributed by atoms with Gasteiger partial charge >= 0.3 is 5.97 Å². The average Bonchev–Trinajstić information content (AvgIpc) is 2.10. The Labute approximate surface area is 95.8 Å². The lowest BCUT2D eigenvalue weighted by atomic mass is 10.1. The molecule has 0 aliphatic heterocycles. The molecule has 0 unspecified atom stereocenters. The van der Waals surface area contributed by atoms with E-state index < -0.39 is 5.97 Å². The fourth-order valence-corrected chi connectivity index (χ4v) is 2.73. The highest BCUT2D eigenvalue weighted by Gasteiger charge is 2.09. The highest BCUT2D eigenvalue weighted by molar-refractivity contribution is 9.10. The Kier molecular flexibility index (Phi) is 4.48. The van der Waals surface area contributed by atoms with Gasteiger partial charge in [0.25, 0.3) is 0 Å². The van der Waals surface area contributed by atoms with Crippen LogP contribution in [0.4, 0.5) is 0 Å². The molecule has 1 aromatic carbocycles. The van der Waals surface area contributed by atoms with Crippen LogP contribution in [0, 0.1) is 0 Å². The molecule has 0 spiro atoms. The van der Waals surface area contributed by atoms with Crippen molar-refractivity contribution in [1.29, 1.82) is 0 Å². The van der Waals surface area contributed by atoms with Gasteiger partial charge in [-0.05, 0) is 33.3 Å². The van der Waals surface area contributed by atoms with Crippen LogP contribution in [0.25, 0.3) is 0 Å². The largest absolute Gasteiger partial charge is 0.481 e. The van der Waals surface area contributed by atoms with E-state index >= 15 is 0 Å². The van der Waals surface area contributed by atoms with Gasteiger partial charge in [0, 0.05) is 9.37 Å². The first-order valence-electron chi connectivity index (χ1n) is 4.27. The van der Waals surface area contributed by atoms with Crippen LogP contribution < -0.4 is 0 Å². The van der Waals surface area contributed by atoms with Crippen molar-refractivity contribution in [2.45, 2.75) is 18.2 Å². The fraction of sp³-hybridized carbons (Fsp3) is 0.300. The topological polar surface area (TPSA) is 37.3 Å². The van der Waals surface area contributed by atoms with Gasteiger partial charge in [-0.25, -0.2) is 0 Å². The second kappa shape index (κ2) is 5.41. The monoisotopic (exact) mass is 274 g/mol. The van der Waals surface area contributed by atoms with E-state index in [0.717, 1.165) is 20.7 Å². The van der Waals surface area contributed by atoms with Crippen LogP contribution in [-0.4, -0.2) is 16.8 Å². The van der Waals surface area contributed by atoms with E-state index in [1.54, 1.807) is 11.8 Å². The SMILES string of the molecule is CCSc1c(Br)cccc1CC(=O)O. The van der Waals surface area contributed by atoms with Gasteiger partial charge in [0.1, 0.15) is 0 Å². The predicted octanol–water partition coefficient (Wildman–Crippen LogP) is 3.19. The van der Waals surface area contributed by atoms with Crippen molar-refractivity contribution in [3.8, 4) is 0 Å². The summed E-state index contributed by atoms with van der Waals surface area (Å²) in [4.78, 5) is 11.7. The minimum absolute atomic E-state index is 0.0851. The first kappa shape index (κ1) is 11.6. The Bertz CT molecular complexity index is 339. The molecule has 76 valence electrons. The molecule has 1 rings (SSSR count). The quantitative estimate of drug-likeness (QED) is 0.857. The maximum absolute atomic E-state index is 10.6. The van der Waals surface area contributed by atoms with E-state index in [9.17, 15) is 4.79 Å². The average molecular weight is 275 g/mol. The molecule has 0 aliphatic rings. The van der Waals surface area contributed by atoms with Crippen LogP contribution in [0.1, 0.15) is 12.5 Å². The van der Waals surface area contributed by atoms with Crippen LogP contribution in [0.5, 0.6) is 0 Å². The van der Waals surface area contributed by atoms with Gasteiger partial charge in [0.05, 0.1) is 6.42 Å². The van der Waals surface area contributed by atoms with Crippen LogP contribution in [0.3, 0.4) is 0 Å². The summed E-state index contributed by atoms with van der Waals surface area (Å²) >= 11 is 5.08. The van der Waals surface area contributed by atoms with Crippen molar-refractivity contribution >= 4 is 33.7 Å². The standard InChI is InChI=1S/C10H11BrO2S/c1-2-14-10-7(6-9(12)13)4-3-5-8(10)11/h3-5H,2,6H2,1H3,(H,12,13). The summed E-state index contributed by atoms with van der Waals surface area (Å²) in [5.41, 5.74) is 0.874. The Balaban J connectivity index is 3.01. The summed E-state index contributed by atoms with van der Waals surface area (Å²) in [7, 11) is 0. The van der Waals surface area contributed by atoms with Crippen molar-refractivity contribution in [3.63, 3.8) is 0 Å². The zero-order valence-corrected chi connectivity index (χ0v) is 10.2. The predicted molar refractivity (Wildman–Crippen MR) is 61.9 cm³/mol. The van der Waals surface area contributed by atoms with Gasteiger partial charge in [-0.1, -0.05) is 19.1 Å². The number of aliphatic carboxylic acids is 1. The summed E-state index contributed by atoms with van der Waals surface area (Å²) in [5.74, 6) is 0.149. The first-order valence-corrected chi connectivity index (χ1v) is 6.05. The van der Waals surface area contributed by atoms with Gasteiger partial charge in [-0.2, -0.15) is 0 Å². The van der Waals surface area contributed by atoms with Gasteiger partial charge in [0.15, 0.2) is 0 Å². The molecular weight excluding hydrogens is 264 g/mol. The number of halogens is 1. The lowest BCUT2D eigenvalue weighted by Crippen LogP contribution is -2.01. The minimum atomic E-state index is -0.791. The summed E-state index contributed by atoms with van der Waals surface area (Å²) in [5, 5.41) is 8.73. The maximum atomic E-state index is 10.6. The van der Waals surface area contributed by atoms with Crippen LogP contribution >= 0.6 is 27.7 Å². The van der Waals surface area contributed by atoms with Crippen molar-refractivity contribution in [1.82, 2.24) is 0 Å². The second-order valence-corrected chi connectivity index (χ2v) is 4.86. The number of benzene rings is 1. The number of carbonyl (C=O) groups is 1. The molecule has 0 radical (unpaired) electrons. The van der Waals surface area contributed by atoms with Crippen molar-refractivity contribution in [2.24, 2.45) is 0 Å². The third-order valence-corrected chi connectivity index (χ3v) is 3.66. The van der Waals surface area contributed by atoms with Crippen molar-refractivity contribution < 1.29 is 9.90 Å². The molecular formula is C10H11BrO2S. The van der Waals surface area contributed by atoms with E-state index in [2.05, 4.69) is 22.9 Å². The molecule has 1 N–H and O–H groups in total. The number of hydrogen-bond donors (Lipinski definition) is 1. The van der Waals surface area contributed by atoms with E-state index in [1.165, 1.54) is 0 Å². The number of rotatable bonds is 4. The number of thioether (sulfide) groups is 1. The summed E-state index contributed by atoms with van der Waals surface area (Å²) < 4.78 is 0.975. The van der Waals surface area contributed by atoms with Gasteiger partial charge in [0.2, 0.25) is 0 Å². The van der Waals surface area contributed by atoms with E-state index in [0.29, 0.717) is 0 Å². The number of carboxylic acids is 1.